The number of amides is 1. The van der Waals surface area contributed by atoms with Gasteiger partial charge in [0.15, 0.2) is 0 Å². The fraction of sp³-hybridized carbons (Fsp3) is 0.353. The molecule has 25 heavy (non-hydrogen) atoms. The van der Waals surface area contributed by atoms with Crippen LogP contribution in [-0.2, 0) is 12.7 Å². The summed E-state index contributed by atoms with van der Waals surface area (Å²) >= 11 is 7.43. The zero-order chi connectivity index (χ0) is 18.0. The quantitative estimate of drug-likeness (QED) is 0.779. The summed E-state index contributed by atoms with van der Waals surface area (Å²) < 4.78 is 40.0. The van der Waals surface area contributed by atoms with Crippen molar-refractivity contribution < 1.29 is 18.0 Å². The molecule has 1 aliphatic rings. The number of hydrogen-bond acceptors (Lipinski definition) is 3. The molecule has 0 saturated carbocycles. The van der Waals surface area contributed by atoms with E-state index in [9.17, 15) is 18.0 Å². The van der Waals surface area contributed by atoms with Crippen LogP contribution in [0.5, 0.6) is 0 Å². The summed E-state index contributed by atoms with van der Waals surface area (Å²) in [4.78, 5) is 17.3. The maximum Gasteiger partial charge on any atom is 0.417 e. The smallest absolute Gasteiger partial charge is 0.336 e. The normalized spacial score (nSPS) is 16.2. The van der Waals surface area contributed by atoms with Gasteiger partial charge in [-0.25, -0.2) is 0 Å². The lowest BCUT2D eigenvalue weighted by atomic mass is 10.1. The highest BCUT2D eigenvalue weighted by Gasteiger charge is 2.36. The Balaban J connectivity index is 1.64. The number of benzene rings is 1. The van der Waals surface area contributed by atoms with Gasteiger partial charge in [-0.2, -0.15) is 13.2 Å². The molecule has 134 valence electrons. The minimum Gasteiger partial charge on any atom is -0.336 e. The van der Waals surface area contributed by atoms with Gasteiger partial charge >= 0.3 is 6.18 Å². The number of hydrogen-bond donors (Lipinski definition) is 0. The first-order valence-corrected chi connectivity index (χ1v) is 8.96. The van der Waals surface area contributed by atoms with Crippen LogP contribution in [0.1, 0.15) is 20.8 Å². The number of piperazine rings is 1. The predicted molar refractivity (Wildman–Crippen MR) is 92.0 cm³/mol. The van der Waals surface area contributed by atoms with Crippen molar-refractivity contribution in [3.8, 4) is 0 Å². The molecule has 0 radical (unpaired) electrons. The highest BCUT2D eigenvalue weighted by atomic mass is 35.5. The monoisotopic (exact) mass is 388 g/mol. The molecule has 0 unspecified atom stereocenters. The lowest BCUT2D eigenvalue weighted by Crippen LogP contribution is -2.48. The van der Waals surface area contributed by atoms with Crippen molar-refractivity contribution >= 4 is 28.8 Å². The van der Waals surface area contributed by atoms with Crippen LogP contribution in [0, 0.1) is 0 Å². The topological polar surface area (TPSA) is 23.6 Å². The zero-order valence-electron chi connectivity index (χ0n) is 13.2. The zero-order valence-corrected chi connectivity index (χ0v) is 14.8. The summed E-state index contributed by atoms with van der Waals surface area (Å²) in [5.41, 5.74) is -1.16. The lowest BCUT2D eigenvalue weighted by molar-refractivity contribution is -0.138. The number of carbonyl (C=O) groups is 1. The minimum absolute atomic E-state index is 0.284. The Morgan fingerprint density at radius 3 is 2.36 bits per heavy atom. The molecule has 1 saturated heterocycles. The van der Waals surface area contributed by atoms with Crippen molar-refractivity contribution in [3.05, 3.63) is 56.7 Å². The Bertz CT molecular complexity index is 754. The second-order valence-electron chi connectivity index (χ2n) is 5.82. The number of thiophene rings is 1. The van der Waals surface area contributed by atoms with E-state index in [1.807, 2.05) is 12.1 Å². The first-order chi connectivity index (χ1) is 11.8. The summed E-state index contributed by atoms with van der Waals surface area (Å²) in [6, 6.07) is 8.75. The highest BCUT2D eigenvalue weighted by molar-refractivity contribution is 7.16. The molecule has 1 aromatic heterocycles. The Morgan fingerprint density at radius 2 is 1.76 bits per heavy atom. The van der Waals surface area contributed by atoms with Gasteiger partial charge in [-0.05, 0) is 24.3 Å². The van der Waals surface area contributed by atoms with Gasteiger partial charge in [0, 0.05) is 37.6 Å². The van der Waals surface area contributed by atoms with E-state index in [2.05, 4.69) is 4.90 Å². The number of halogens is 4. The van der Waals surface area contributed by atoms with Crippen LogP contribution in [0.15, 0.2) is 36.4 Å². The van der Waals surface area contributed by atoms with E-state index in [0.717, 1.165) is 21.8 Å². The SMILES string of the molecule is O=C(c1ccccc1C(F)(F)F)N1CCN(Cc2ccc(Cl)s2)CC1. The highest BCUT2D eigenvalue weighted by Crippen LogP contribution is 2.32. The molecule has 2 aromatic rings. The first-order valence-electron chi connectivity index (χ1n) is 7.76. The lowest BCUT2D eigenvalue weighted by Gasteiger charge is -2.34. The molecule has 0 spiro atoms. The molecule has 0 N–H and O–H groups in total. The number of rotatable bonds is 3. The molecular formula is C17H16ClF3N2OS. The average Bonchev–Trinajstić information content (AvgIpc) is 2.99. The molecule has 0 aliphatic carbocycles. The van der Waals surface area contributed by atoms with E-state index in [-0.39, 0.29) is 5.56 Å². The maximum absolute atomic E-state index is 13.1. The Hall–Kier alpha value is -1.57. The fourth-order valence-corrected chi connectivity index (χ4v) is 3.98. The standard InChI is InChI=1S/C17H16ClF3N2OS/c18-15-6-5-12(25-15)11-22-7-9-23(10-8-22)16(24)13-3-1-2-4-14(13)17(19,20)21/h1-6H,7-11H2. The first kappa shape index (κ1) is 18.2. The summed E-state index contributed by atoms with van der Waals surface area (Å²) in [5, 5.41) is 0. The molecule has 1 aliphatic heterocycles. The molecule has 1 fully saturated rings. The molecule has 1 amide bonds. The van der Waals surface area contributed by atoms with Gasteiger partial charge in [-0.1, -0.05) is 23.7 Å². The van der Waals surface area contributed by atoms with E-state index < -0.39 is 17.6 Å². The summed E-state index contributed by atoms with van der Waals surface area (Å²) in [5.74, 6) is -0.563. The number of nitrogens with zero attached hydrogens (tertiary/aromatic N) is 2. The molecule has 3 nitrogen and oxygen atoms in total. The van der Waals surface area contributed by atoms with E-state index in [1.54, 1.807) is 0 Å². The van der Waals surface area contributed by atoms with Crippen LogP contribution in [0.2, 0.25) is 4.34 Å². The van der Waals surface area contributed by atoms with Crippen molar-refractivity contribution in [2.24, 2.45) is 0 Å². The van der Waals surface area contributed by atoms with Crippen molar-refractivity contribution in [2.75, 3.05) is 26.2 Å². The second kappa shape index (κ2) is 7.35. The molecule has 1 aromatic carbocycles. The van der Waals surface area contributed by atoms with E-state index in [4.69, 9.17) is 11.6 Å². The Morgan fingerprint density at radius 1 is 1.08 bits per heavy atom. The molecule has 2 heterocycles. The molecule has 8 heteroatoms. The van der Waals surface area contributed by atoms with Crippen LogP contribution in [0.4, 0.5) is 13.2 Å². The van der Waals surface area contributed by atoms with Gasteiger partial charge in [-0.3, -0.25) is 9.69 Å². The molecule has 0 bridgehead atoms. The average molecular weight is 389 g/mol. The third-order valence-electron chi connectivity index (χ3n) is 4.13. The second-order valence-corrected chi connectivity index (χ2v) is 7.62. The van der Waals surface area contributed by atoms with Crippen molar-refractivity contribution in [2.45, 2.75) is 12.7 Å². The van der Waals surface area contributed by atoms with Crippen LogP contribution < -0.4 is 0 Å². The van der Waals surface area contributed by atoms with Gasteiger partial charge in [0.05, 0.1) is 15.5 Å². The largest absolute Gasteiger partial charge is 0.417 e. The molecular weight excluding hydrogens is 373 g/mol. The van der Waals surface area contributed by atoms with Crippen LogP contribution >= 0.6 is 22.9 Å². The van der Waals surface area contributed by atoms with Gasteiger partial charge in [-0.15, -0.1) is 11.3 Å². The molecule has 0 atom stereocenters. The van der Waals surface area contributed by atoms with Crippen molar-refractivity contribution in [1.82, 2.24) is 9.80 Å². The minimum atomic E-state index is -4.54. The number of alkyl halides is 3. The van der Waals surface area contributed by atoms with Gasteiger partial charge < -0.3 is 4.90 Å². The van der Waals surface area contributed by atoms with Crippen molar-refractivity contribution in [1.29, 1.82) is 0 Å². The van der Waals surface area contributed by atoms with Gasteiger partial charge in [0.25, 0.3) is 5.91 Å². The fourth-order valence-electron chi connectivity index (χ4n) is 2.85. The Kier molecular flexibility index (Phi) is 5.36. The third kappa shape index (κ3) is 4.34. The van der Waals surface area contributed by atoms with Gasteiger partial charge in [0.2, 0.25) is 0 Å². The van der Waals surface area contributed by atoms with Crippen molar-refractivity contribution in [3.63, 3.8) is 0 Å². The van der Waals surface area contributed by atoms with Crippen LogP contribution in [-0.4, -0.2) is 41.9 Å². The maximum atomic E-state index is 13.1. The summed E-state index contributed by atoms with van der Waals surface area (Å²) in [7, 11) is 0. The van der Waals surface area contributed by atoms with Crippen LogP contribution in [0.3, 0.4) is 0 Å². The van der Waals surface area contributed by atoms with E-state index >= 15 is 0 Å². The predicted octanol–water partition coefficient (Wildman–Crippen LogP) is 4.38. The van der Waals surface area contributed by atoms with Gasteiger partial charge in [0.1, 0.15) is 0 Å². The molecule has 3 rings (SSSR count). The third-order valence-corrected chi connectivity index (χ3v) is 5.35. The van der Waals surface area contributed by atoms with Crippen LogP contribution in [0.25, 0.3) is 0 Å². The summed E-state index contributed by atoms with van der Waals surface area (Å²) in [6.07, 6.45) is -4.54. The van der Waals surface area contributed by atoms with E-state index in [1.165, 1.54) is 34.4 Å². The Labute approximate surface area is 152 Å². The summed E-state index contributed by atoms with van der Waals surface area (Å²) in [6.45, 7) is 2.79. The number of carbonyl (C=O) groups excluding carboxylic acids is 1. The van der Waals surface area contributed by atoms with E-state index in [0.29, 0.717) is 26.2 Å².